The van der Waals surface area contributed by atoms with Crippen molar-refractivity contribution in [1.82, 2.24) is 10.9 Å². The van der Waals surface area contributed by atoms with Crippen LogP contribution < -0.4 is 20.3 Å². The minimum Gasteiger partial charge on any atom is -0.497 e. The minimum absolute atomic E-state index is 0.0421. The molecular weight excluding hydrogens is 461 g/mol. The number of amides is 2. The van der Waals surface area contributed by atoms with Crippen molar-refractivity contribution in [2.75, 3.05) is 11.8 Å². The average molecular weight is 478 g/mol. The SMILES string of the molecule is COc1ccc(NS(=O)(=O)c2cccc(C(=O)NNC(=O)c3ccc(Cl)cc3F)c2)cc1. The van der Waals surface area contributed by atoms with Gasteiger partial charge in [-0.2, -0.15) is 0 Å². The molecule has 2 amide bonds. The van der Waals surface area contributed by atoms with Crippen LogP contribution in [0.15, 0.2) is 71.6 Å². The quantitative estimate of drug-likeness (QED) is 0.471. The van der Waals surface area contributed by atoms with Gasteiger partial charge in [-0.05, 0) is 60.7 Å². The van der Waals surface area contributed by atoms with E-state index < -0.39 is 27.7 Å². The maximum Gasteiger partial charge on any atom is 0.272 e. The van der Waals surface area contributed by atoms with Gasteiger partial charge in [-0.3, -0.25) is 25.2 Å². The van der Waals surface area contributed by atoms with Crippen LogP contribution >= 0.6 is 11.6 Å². The van der Waals surface area contributed by atoms with Crippen LogP contribution in [-0.4, -0.2) is 27.3 Å². The Morgan fingerprint density at radius 1 is 0.938 bits per heavy atom. The zero-order valence-electron chi connectivity index (χ0n) is 16.6. The van der Waals surface area contributed by atoms with E-state index >= 15 is 0 Å². The highest BCUT2D eigenvalue weighted by atomic mass is 35.5. The van der Waals surface area contributed by atoms with Crippen LogP contribution in [0.2, 0.25) is 5.02 Å². The Hall–Kier alpha value is -3.63. The van der Waals surface area contributed by atoms with E-state index in [-0.39, 0.29) is 21.0 Å². The number of sulfonamides is 1. The maximum atomic E-state index is 13.8. The van der Waals surface area contributed by atoms with E-state index in [0.29, 0.717) is 11.4 Å². The molecule has 0 aliphatic heterocycles. The van der Waals surface area contributed by atoms with Gasteiger partial charge in [0.15, 0.2) is 0 Å². The Morgan fingerprint density at radius 2 is 1.62 bits per heavy atom. The number of benzene rings is 3. The zero-order chi connectivity index (χ0) is 23.3. The molecule has 0 aliphatic carbocycles. The predicted molar refractivity (Wildman–Crippen MR) is 117 cm³/mol. The molecule has 0 atom stereocenters. The molecule has 3 N–H and O–H groups in total. The maximum absolute atomic E-state index is 13.8. The van der Waals surface area contributed by atoms with Crippen LogP contribution in [-0.2, 0) is 10.0 Å². The Bertz CT molecular complexity index is 1270. The fourth-order valence-corrected chi connectivity index (χ4v) is 3.87. The molecule has 3 aromatic carbocycles. The largest absolute Gasteiger partial charge is 0.497 e. The number of halogens is 2. The lowest BCUT2D eigenvalue weighted by molar-refractivity contribution is 0.0844. The summed E-state index contributed by atoms with van der Waals surface area (Å²) < 4.78 is 46.5. The molecule has 0 aliphatic rings. The van der Waals surface area contributed by atoms with E-state index in [1.54, 1.807) is 12.1 Å². The number of hydrogen-bond donors (Lipinski definition) is 3. The summed E-state index contributed by atoms with van der Waals surface area (Å²) in [5.74, 6) is -2.00. The number of hydrazine groups is 1. The zero-order valence-corrected chi connectivity index (χ0v) is 18.1. The number of nitrogens with one attached hydrogen (secondary N) is 3. The first-order chi connectivity index (χ1) is 15.2. The van der Waals surface area contributed by atoms with E-state index in [0.717, 1.165) is 18.2 Å². The van der Waals surface area contributed by atoms with Crippen molar-refractivity contribution < 1.29 is 27.1 Å². The summed E-state index contributed by atoms with van der Waals surface area (Å²) in [5.41, 5.74) is 4.12. The first-order valence-electron chi connectivity index (χ1n) is 9.02. The van der Waals surface area contributed by atoms with E-state index in [4.69, 9.17) is 16.3 Å². The van der Waals surface area contributed by atoms with Crippen molar-refractivity contribution in [3.63, 3.8) is 0 Å². The van der Waals surface area contributed by atoms with Crippen LogP contribution in [0.25, 0.3) is 0 Å². The Labute approximate surface area is 188 Å². The smallest absolute Gasteiger partial charge is 0.272 e. The van der Waals surface area contributed by atoms with Crippen molar-refractivity contribution in [3.05, 3.63) is 88.7 Å². The number of ether oxygens (including phenoxy) is 1. The van der Waals surface area contributed by atoms with E-state index in [9.17, 15) is 22.4 Å². The molecule has 0 spiro atoms. The molecule has 0 saturated heterocycles. The second-order valence-electron chi connectivity index (χ2n) is 6.39. The summed E-state index contributed by atoms with van der Waals surface area (Å²) in [5, 5.41) is 0.115. The number of carbonyl (C=O) groups is 2. The molecule has 8 nitrogen and oxygen atoms in total. The van der Waals surface area contributed by atoms with E-state index in [2.05, 4.69) is 15.6 Å². The molecule has 0 radical (unpaired) electrons. The minimum atomic E-state index is -3.99. The van der Waals surface area contributed by atoms with Gasteiger partial charge in [0.05, 0.1) is 17.6 Å². The van der Waals surface area contributed by atoms with Crippen LogP contribution in [0.5, 0.6) is 5.75 Å². The molecule has 0 aromatic heterocycles. The molecular formula is C21H17ClFN3O5S. The number of rotatable bonds is 6. The first-order valence-corrected chi connectivity index (χ1v) is 10.9. The lowest BCUT2D eigenvalue weighted by Crippen LogP contribution is -2.42. The van der Waals surface area contributed by atoms with Gasteiger partial charge in [-0.1, -0.05) is 17.7 Å². The van der Waals surface area contributed by atoms with Crippen molar-refractivity contribution >= 4 is 39.1 Å². The van der Waals surface area contributed by atoms with Crippen LogP contribution in [0, 0.1) is 5.82 Å². The summed E-state index contributed by atoms with van der Waals surface area (Å²) >= 11 is 5.64. The second kappa shape index (κ2) is 9.67. The van der Waals surface area contributed by atoms with Gasteiger partial charge in [0.2, 0.25) is 0 Å². The summed E-state index contributed by atoms with van der Waals surface area (Å²) in [4.78, 5) is 24.3. The van der Waals surface area contributed by atoms with Gasteiger partial charge in [-0.25, -0.2) is 12.8 Å². The van der Waals surface area contributed by atoms with Gasteiger partial charge in [0, 0.05) is 16.3 Å². The molecule has 0 bridgehead atoms. The van der Waals surface area contributed by atoms with Crippen LogP contribution in [0.1, 0.15) is 20.7 Å². The van der Waals surface area contributed by atoms with Crippen molar-refractivity contribution in [2.24, 2.45) is 0 Å². The molecule has 11 heteroatoms. The van der Waals surface area contributed by atoms with Gasteiger partial charge < -0.3 is 4.74 Å². The third kappa shape index (κ3) is 5.54. The van der Waals surface area contributed by atoms with Crippen LogP contribution in [0.4, 0.5) is 10.1 Å². The summed E-state index contributed by atoms with van der Waals surface area (Å²) in [6, 6.07) is 14.9. The monoisotopic (exact) mass is 477 g/mol. The van der Waals surface area contributed by atoms with Crippen molar-refractivity contribution in [3.8, 4) is 5.75 Å². The summed E-state index contributed by atoms with van der Waals surface area (Å²) in [7, 11) is -2.50. The molecule has 166 valence electrons. The fraction of sp³-hybridized carbons (Fsp3) is 0.0476. The Morgan fingerprint density at radius 3 is 2.28 bits per heavy atom. The second-order valence-corrected chi connectivity index (χ2v) is 8.51. The van der Waals surface area contributed by atoms with Crippen LogP contribution in [0.3, 0.4) is 0 Å². The topological polar surface area (TPSA) is 114 Å². The summed E-state index contributed by atoms with van der Waals surface area (Å²) in [6.45, 7) is 0. The summed E-state index contributed by atoms with van der Waals surface area (Å²) in [6.07, 6.45) is 0. The molecule has 0 unspecified atom stereocenters. The number of anilines is 1. The van der Waals surface area contributed by atoms with Gasteiger partial charge >= 0.3 is 0 Å². The molecule has 3 rings (SSSR count). The average Bonchev–Trinajstić information content (AvgIpc) is 2.77. The molecule has 0 fully saturated rings. The lowest BCUT2D eigenvalue weighted by Gasteiger charge is -2.11. The van der Waals surface area contributed by atoms with Crippen molar-refractivity contribution in [1.29, 1.82) is 0 Å². The van der Waals surface area contributed by atoms with E-state index in [1.165, 1.54) is 43.5 Å². The van der Waals surface area contributed by atoms with E-state index in [1.807, 2.05) is 0 Å². The number of hydrogen-bond acceptors (Lipinski definition) is 5. The third-order valence-corrected chi connectivity index (χ3v) is 5.83. The van der Waals surface area contributed by atoms with Gasteiger partial charge in [-0.15, -0.1) is 0 Å². The predicted octanol–water partition coefficient (Wildman–Crippen LogP) is 3.36. The third-order valence-electron chi connectivity index (χ3n) is 4.21. The highest BCUT2D eigenvalue weighted by molar-refractivity contribution is 7.92. The Balaban J connectivity index is 1.70. The molecule has 0 heterocycles. The van der Waals surface area contributed by atoms with Crippen molar-refractivity contribution in [2.45, 2.75) is 4.90 Å². The highest BCUT2D eigenvalue weighted by Crippen LogP contribution is 2.20. The lowest BCUT2D eigenvalue weighted by atomic mass is 10.2. The van der Waals surface area contributed by atoms with Gasteiger partial charge in [0.25, 0.3) is 21.8 Å². The van der Waals surface area contributed by atoms with Gasteiger partial charge in [0.1, 0.15) is 11.6 Å². The Kier molecular flexibility index (Phi) is 6.96. The fourth-order valence-electron chi connectivity index (χ4n) is 2.60. The standard InChI is InChI=1S/C21H17ClFN3O5S/c1-31-16-8-6-15(7-9-16)26-32(29,30)17-4-2-3-13(11-17)20(27)24-25-21(28)18-10-5-14(22)12-19(18)23/h2-12,26H,1H3,(H,24,27)(H,25,28). The number of carbonyl (C=O) groups excluding carboxylic acids is 2. The molecule has 3 aromatic rings. The number of methoxy groups -OCH3 is 1. The highest BCUT2D eigenvalue weighted by Gasteiger charge is 2.18. The first kappa shape index (κ1) is 23.0. The molecule has 32 heavy (non-hydrogen) atoms. The molecule has 0 saturated carbocycles. The normalized spacial score (nSPS) is 10.8.